The molecule has 0 atom stereocenters. The third-order valence-electron chi connectivity index (χ3n) is 5.02. The van der Waals surface area contributed by atoms with Crippen LogP contribution in [-0.2, 0) is 9.53 Å². The first-order valence-corrected chi connectivity index (χ1v) is 11.4. The lowest BCUT2D eigenvalue weighted by atomic mass is 10.3. The maximum absolute atomic E-state index is 12.2. The average Bonchev–Trinajstić information content (AvgIpc) is 3.12. The Labute approximate surface area is 178 Å². The lowest BCUT2D eigenvalue weighted by molar-refractivity contribution is -0.142. The van der Waals surface area contributed by atoms with E-state index in [9.17, 15) is 9.69 Å². The third-order valence-corrected chi connectivity index (χ3v) is 8.23. The Balaban J connectivity index is 1.98. The molecule has 2 aromatic carbocycles. The predicted molar refractivity (Wildman–Crippen MR) is 120 cm³/mol. The van der Waals surface area contributed by atoms with Gasteiger partial charge in [-0.1, -0.05) is 6.58 Å². The molecular formula is C22H28N2O5P+. The van der Waals surface area contributed by atoms with Crippen LogP contribution in [0.1, 0.15) is 13.3 Å². The topological polar surface area (TPSA) is 71.5 Å². The monoisotopic (exact) mass is 431 g/mol. The minimum atomic E-state index is -3.11. The molecule has 0 radical (unpaired) electrons. The van der Waals surface area contributed by atoms with Crippen LogP contribution >= 0.6 is 7.79 Å². The lowest BCUT2D eigenvalue weighted by Crippen LogP contribution is -2.26. The summed E-state index contributed by atoms with van der Waals surface area (Å²) in [6.07, 6.45) is -0.0442. The van der Waals surface area contributed by atoms with Crippen molar-refractivity contribution in [3.63, 3.8) is 0 Å². The van der Waals surface area contributed by atoms with Gasteiger partial charge in [0.15, 0.2) is 0 Å². The quantitative estimate of drug-likeness (QED) is 0.495. The van der Waals surface area contributed by atoms with Gasteiger partial charge in [0, 0.05) is 0 Å². The number of anilines is 2. The summed E-state index contributed by atoms with van der Waals surface area (Å²) in [5.41, 5.74) is 1.68. The molecule has 0 aromatic heterocycles. The van der Waals surface area contributed by atoms with E-state index in [0.717, 1.165) is 22.9 Å². The molecule has 1 aliphatic heterocycles. The molecule has 8 heteroatoms. The van der Waals surface area contributed by atoms with Gasteiger partial charge in [-0.3, -0.25) is 4.79 Å². The van der Waals surface area contributed by atoms with Crippen molar-refractivity contribution in [2.24, 2.45) is 0 Å². The number of methoxy groups -OCH3 is 2. The Morgan fingerprint density at radius 1 is 0.967 bits per heavy atom. The van der Waals surface area contributed by atoms with Gasteiger partial charge in [-0.15, -0.1) is 0 Å². The van der Waals surface area contributed by atoms with E-state index in [1.807, 2.05) is 57.9 Å². The Hall–Kier alpha value is -2.76. The number of nitrogens with zero attached hydrogens (tertiary/aromatic N) is 2. The van der Waals surface area contributed by atoms with Crippen LogP contribution in [0.25, 0.3) is 0 Å². The summed E-state index contributed by atoms with van der Waals surface area (Å²) in [6, 6.07) is 15.0. The molecule has 0 amide bonds. The van der Waals surface area contributed by atoms with Crippen molar-refractivity contribution in [2.45, 2.75) is 13.3 Å². The molecule has 1 N–H and O–H groups in total. The second-order valence-electron chi connectivity index (χ2n) is 6.76. The van der Waals surface area contributed by atoms with Crippen molar-refractivity contribution >= 4 is 25.1 Å². The maximum atomic E-state index is 12.2. The highest BCUT2D eigenvalue weighted by Gasteiger charge is 2.59. The fourth-order valence-corrected chi connectivity index (χ4v) is 6.45. The minimum absolute atomic E-state index is 0.0442. The van der Waals surface area contributed by atoms with E-state index in [1.165, 1.54) is 0 Å². The van der Waals surface area contributed by atoms with Gasteiger partial charge < -0.3 is 14.2 Å². The van der Waals surface area contributed by atoms with Crippen molar-refractivity contribution in [3.05, 3.63) is 60.4 Å². The van der Waals surface area contributed by atoms with Crippen molar-refractivity contribution in [2.75, 3.05) is 43.3 Å². The molecule has 1 saturated heterocycles. The van der Waals surface area contributed by atoms with Gasteiger partial charge >= 0.3 is 13.8 Å². The van der Waals surface area contributed by atoms with Crippen LogP contribution in [0.15, 0.2) is 60.4 Å². The summed E-state index contributed by atoms with van der Waals surface area (Å²) in [5.74, 6) is 1.07. The first-order chi connectivity index (χ1) is 14.4. The lowest BCUT2D eigenvalue weighted by Gasteiger charge is -2.32. The van der Waals surface area contributed by atoms with Crippen LogP contribution in [0.3, 0.4) is 0 Å². The molecule has 160 valence electrons. The van der Waals surface area contributed by atoms with E-state index in [4.69, 9.17) is 14.2 Å². The second kappa shape index (κ2) is 9.37. The van der Waals surface area contributed by atoms with Gasteiger partial charge in [0.05, 0.1) is 45.3 Å². The Bertz CT molecular complexity index is 830. The number of carbonyl (C=O) groups excluding carboxylic acids is 1. The maximum Gasteiger partial charge on any atom is 0.362 e. The van der Waals surface area contributed by atoms with Crippen molar-refractivity contribution in [1.29, 1.82) is 0 Å². The summed E-state index contributed by atoms with van der Waals surface area (Å²) in [5, 5.41) is 0.449. The predicted octanol–water partition coefficient (Wildman–Crippen LogP) is 4.25. The van der Waals surface area contributed by atoms with Crippen LogP contribution < -0.4 is 18.8 Å². The number of benzene rings is 2. The van der Waals surface area contributed by atoms with Crippen LogP contribution in [-0.4, -0.2) is 44.8 Å². The summed E-state index contributed by atoms with van der Waals surface area (Å²) >= 11 is 0. The fourth-order valence-electron chi connectivity index (χ4n) is 3.51. The molecule has 7 nitrogen and oxygen atoms in total. The van der Waals surface area contributed by atoms with E-state index in [-0.39, 0.29) is 13.0 Å². The van der Waals surface area contributed by atoms with Gasteiger partial charge in [-0.2, -0.15) is 14.2 Å². The number of rotatable bonds is 8. The molecule has 0 bridgehead atoms. The summed E-state index contributed by atoms with van der Waals surface area (Å²) in [7, 11) is 0.114. The highest BCUT2D eigenvalue weighted by atomic mass is 31.2. The standard InChI is InChI=1S/C22H28N2O5P/c1-5-29-22(25)16-17(2)30(26)23(18-6-10-20(27-3)11-7-18)14-15-24(30)19-8-12-21(28-4)13-9-19/h6-13,26H,2,5,14-16H2,1,3-4H3/q+1. The molecule has 3 rings (SSSR count). The van der Waals surface area contributed by atoms with E-state index in [1.54, 1.807) is 21.1 Å². The van der Waals surface area contributed by atoms with E-state index < -0.39 is 13.8 Å². The molecule has 2 aromatic rings. The molecule has 1 heterocycles. The molecule has 30 heavy (non-hydrogen) atoms. The first-order valence-electron chi connectivity index (χ1n) is 9.74. The zero-order valence-electron chi connectivity index (χ0n) is 17.6. The van der Waals surface area contributed by atoms with E-state index in [0.29, 0.717) is 18.4 Å². The smallest absolute Gasteiger partial charge is 0.362 e. The Kier molecular flexibility index (Phi) is 6.85. The molecule has 0 spiro atoms. The molecule has 1 fully saturated rings. The van der Waals surface area contributed by atoms with Gasteiger partial charge in [0.2, 0.25) is 0 Å². The number of esters is 1. The van der Waals surface area contributed by atoms with Gasteiger partial charge in [-0.25, -0.2) is 0 Å². The molecule has 1 aliphatic rings. The fraction of sp³-hybridized carbons (Fsp3) is 0.318. The molecular weight excluding hydrogens is 403 g/mol. The zero-order valence-corrected chi connectivity index (χ0v) is 18.5. The zero-order chi connectivity index (χ0) is 21.7. The van der Waals surface area contributed by atoms with Crippen molar-refractivity contribution < 1.29 is 23.9 Å². The highest BCUT2D eigenvalue weighted by molar-refractivity contribution is 7.77. The van der Waals surface area contributed by atoms with Crippen LogP contribution in [0.2, 0.25) is 0 Å². The molecule has 0 saturated carbocycles. The number of ether oxygens (including phenoxy) is 3. The highest BCUT2D eigenvalue weighted by Crippen LogP contribution is 2.72. The molecule has 0 unspecified atom stereocenters. The Morgan fingerprint density at radius 2 is 1.40 bits per heavy atom. The van der Waals surface area contributed by atoms with Crippen LogP contribution in [0.4, 0.5) is 11.4 Å². The van der Waals surface area contributed by atoms with Crippen molar-refractivity contribution in [3.8, 4) is 11.5 Å². The summed E-state index contributed by atoms with van der Waals surface area (Å²) < 4.78 is 19.5. The first kappa shape index (κ1) is 21.9. The minimum Gasteiger partial charge on any atom is -0.497 e. The second-order valence-corrected chi connectivity index (χ2v) is 9.49. The normalized spacial score (nSPS) is 15.1. The average molecular weight is 431 g/mol. The summed E-state index contributed by atoms with van der Waals surface area (Å²) in [6.45, 7) is 7.33. The number of hydrogen-bond donors (Lipinski definition) is 1. The third kappa shape index (κ3) is 4.23. The van der Waals surface area contributed by atoms with Gasteiger partial charge in [-0.05, 0) is 55.5 Å². The van der Waals surface area contributed by atoms with E-state index in [2.05, 4.69) is 6.58 Å². The SMILES string of the molecule is C=C(CC(=O)OCC)[P+]1(O)N(c2ccc(OC)cc2)CCN1c1ccc(OC)cc1. The largest absolute Gasteiger partial charge is 0.497 e. The van der Waals surface area contributed by atoms with E-state index >= 15 is 0 Å². The van der Waals surface area contributed by atoms with Crippen LogP contribution in [0, 0.1) is 0 Å². The Morgan fingerprint density at radius 3 is 1.77 bits per heavy atom. The van der Waals surface area contributed by atoms with Gasteiger partial charge in [0.25, 0.3) is 0 Å². The van der Waals surface area contributed by atoms with Crippen molar-refractivity contribution in [1.82, 2.24) is 0 Å². The number of carbonyl (C=O) groups is 1. The van der Waals surface area contributed by atoms with Crippen LogP contribution in [0.5, 0.6) is 11.5 Å². The summed E-state index contributed by atoms with van der Waals surface area (Å²) in [4.78, 5) is 24.2. The molecule has 0 aliphatic carbocycles. The number of hydrogen-bond acceptors (Lipinski definition) is 7. The van der Waals surface area contributed by atoms with Gasteiger partial charge in [0.1, 0.15) is 23.2 Å².